The van der Waals surface area contributed by atoms with E-state index in [2.05, 4.69) is 60.0 Å². The molecular formula is C16H19N5. The van der Waals surface area contributed by atoms with Crippen LogP contribution in [-0.2, 0) is 12.0 Å². The molecule has 0 aliphatic heterocycles. The summed E-state index contributed by atoms with van der Waals surface area (Å²) in [4.78, 5) is 12.5. The molecule has 108 valence electrons. The molecule has 3 rings (SSSR count). The summed E-state index contributed by atoms with van der Waals surface area (Å²) in [5.74, 6) is 0.418. The highest BCUT2D eigenvalue weighted by atomic mass is 15.1. The number of benzene rings is 1. The van der Waals surface area contributed by atoms with Crippen molar-refractivity contribution in [2.24, 2.45) is 0 Å². The fourth-order valence-electron chi connectivity index (χ4n) is 2.32. The molecule has 2 heterocycles. The second-order valence-corrected chi connectivity index (χ2v) is 6.25. The van der Waals surface area contributed by atoms with Gasteiger partial charge < -0.3 is 10.3 Å². The Kier molecular flexibility index (Phi) is 3.12. The zero-order valence-electron chi connectivity index (χ0n) is 12.5. The molecule has 0 unspecified atom stereocenters. The van der Waals surface area contributed by atoms with E-state index in [9.17, 15) is 0 Å². The van der Waals surface area contributed by atoms with E-state index >= 15 is 0 Å². The van der Waals surface area contributed by atoms with Gasteiger partial charge in [0.25, 0.3) is 0 Å². The van der Waals surface area contributed by atoms with Gasteiger partial charge in [-0.15, -0.1) is 0 Å². The number of nitrogens with two attached hydrogens (primary N) is 1. The maximum atomic E-state index is 5.80. The van der Waals surface area contributed by atoms with Gasteiger partial charge in [-0.05, 0) is 16.5 Å². The van der Waals surface area contributed by atoms with Gasteiger partial charge in [-0.1, -0.05) is 45.0 Å². The monoisotopic (exact) mass is 281 g/mol. The summed E-state index contributed by atoms with van der Waals surface area (Å²) >= 11 is 0. The predicted molar refractivity (Wildman–Crippen MR) is 84.0 cm³/mol. The number of nitrogens with zero attached hydrogens (tertiary/aromatic N) is 4. The van der Waals surface area contributed by atoms with Crippen molar-refractivity contribution in [2.75, 3.05) is 5.73 Å². The molecule has 0 fully saturated rings. The van der Waals surface area contributed by atoms with Gasteiger partial charge in [-0.2, -0.15) is 0 Å². The topological polar surface area (TPSA) is 69.6 Å². The number of imidazole rings is 1. The average Bonchev–Trinajstić information content (AvgIpc) is 2.83. The van der Waals surface area contributed by atoms with E-state index in [0.29, 0.717) is 11.3 Å². The van der Waals surface area contributed by atoms with E-state index in [-0.39, 0.29) is 5.41 Å². The molecule has 0 spiro atoms. The first-order valence-corrected chi connectivity index (χ1v) is 6.96. The van der Waals surface area contributed by atoms with Crippen molar-refractivity contribution in [3.63, 3.8) is 0 Å². The SMILES string of the molecule is CC(C)(C)c1ccc(Cn2cnc3c(N)ncnc32)cc1. The number of aromatic nitrogens is 4. The molecule has 0 saturated carbocycles. The van der Waals surface area contributed by atoms with Crippen LogP contribution in [0.3, 0.4) is 0 Å². The van der Waals surface area contributed by atoms with Crippen molar-refractivity contribution in [1.29, 1.82) is 0 Å². The molecular weight excluding hydrogens is 262 g/mol. The van der Waals surface area contributed by atoms with Crippen molar-refractivity contribution in [3.05, 3.63) is 48.0 Å². The first-order valence-electron chi connectivity index (χ1n) is 6.96. The number of hydrogen-bond acceptors (Lipinski definition) is 4. The molecule has 0 aliphatic carbocycles. The summed E-state index contributed by atoms with van der Waals surface area (Å²) < 4.78 is 1.99. The molecule has 0 atom stereocenters. The van der Waals surface area contributed by atoms with Crippen LogP contribution < -0.4 is 5.73 Å². The van der Waals surface area contributed by atoms with E-state index in [1.54, 1.807) is 6.33 Å². The summed E-state index contributed by atoms with van der Waals surface area (Å²) in [5.41, 5.74) is 9.93. The normalized spacial score (nSPS) is 12.0. The highest BCUT2D eigenvalue weighted by molar-refractivity contribution is 5.81. The van der Waals surface area contributed by atoms with Gasteiger partial charge in [0.05, 0.1) is 12.9 Å². The molecule has 2 aromatic heterocycles. The highest BCUT2D eigenvalue weighted by Crippen LogP contribution is 2.23. The molecule has 0 bridgehead atoms. The van der Waals surface area contributed by atoms with E-state index in [4.69, 9.17) is 5.73 Å². The number of rotatable bonds is 2. The van der Waals surface area contributed by atoms with Gasteiger partial charge in [0.15, 0.2) is 11.5 Å². The lowest BCUT2D eigenvalue weighted by atomic mass is 9.87. The van der Waals surface area contributed by atoms with Crippen LogP contribution in [-0.4, -0.2) is 19.5 Å². The number of anilines is 1. The quantitative estimate of drug-likeness (QED) is 0.784. The first kappa shape index (κ1) is 13.5. The third-order valence-corrected chi connectivity index (χ3v) is 3.60. The van der Waals surface area contributed by atoms with Crippen LogP contribution in [0, 0.1) is 0 Å². The van der Waals surface area contributed by atoms with Gasteiger partial charge in [0.1, 0.15) is 11.8 Å². The molecule has 5 nitrogen and oxygen atoms in total. The smallest absolute Gasteiger partial charge is 0.165 e. The van der Waals surface area contributed by atoms with Crippen molar-refractivity contribution in [1.82, 2.24) is 19.5 Å². The maximum Gasteiger partial charge on any atom is 0.165 e. The lowest BCUT2D eigenvalue weighted by Crippen LogP contribution is -2.11. The Hall–Kier alpha value is -2.43. The van der Waals surface area contributed by atoms with Crippen molar-refractivity contribution < 1.29 is 0 Å². The van der Waals surface area contributed by atoms with E-state index in [0.717, 1.165) is 12.2 Å². The van der Waals surface area contributed by atoms with Gasteiger partial charge in [-0.25, -0.2) is 15.0 Å². The molecule has 5 heteroatoms. The standard InChI is InChI=1S/C16H19N5/c1-16(2,3)12-6-4-11(5-7-12)8-21-10-20-13-14(17)18-9-19-15(13)21/h4-7,9-10H,8H2,1-3H3,(H2,17,18,19). The van der Waals surface area contributed by atoms with Crippen molar-refractivity contribution >= 4 is 17.0 Å². The summed E-state index contributed by atoms with van der Waals surface area (Å²) in [6.07, 6.45) is 3.23. The lowest BCUT2D eigenvalue weighted by Gasteiger charge is -2.19. The second-order valence-electron chi connectivity index (χ2n) is 6.25. The predicted octanol–water partition coefficient (Wildman–Crippen LogP) is 2.75. The zero-order chi connectivity index (χ0) is 15.0. The minimum Gasteiger partial charge on any atom is -0.382 e. The molecule has 1 aromatic carbocycles. The van der Waals surface area contributed by atoms with Crippen LogP contribution in [0.25, 0.3) is 11.2 Å². The Labute approximate surface area is 123 Å². The van der Waals surface area contributed by atoms with Gasteiger partial charge in [0, 0.05) is 0 Å². The van der Waals surface area contributed by atoms with Crippen LogP contribution in [0.4, 0.5) is 5.82 Å². The highest BCUT2D eigenvalue weighted by Gasteiger charge is 2.13. The van der Waals surface area contributed by atoms with Crippen LogP contribution in [0.1, 0.15) is 31.9 Å². The Morgan fingerprint density at radius 2 is 1.76 bits per heavy atom. The van der Waals surface area contributed by atoms with E-state index in [1.165, 1.54) is 17.5 Å². The Morgan fingerprint density at radius 3 is 2.43 bits per heavy atom. The summed E-state index contributed by atoms with van der Waals surface area (Å²) in [7, 11) is 0. The Morgan fingerprint density at radius 1 is 1.05 bits per heavy atom. The fraction of sp³-hybridized carbons (Fsp3) is 0.312. The Balaban J connectivity index is 1.90. The zero-order valence-corrected chi connectivity index (χ0v) is 12.5. The largest absolute Gasteiger partial charge is 0.382 e. The number of hydrogen-bond donors (Lipinski definition) is 1. The summed E-state index contributed by atoms with van der Waals surface area (Å²) in [6.45, 7) is 7.36. The van der Waals surface area contributed by atoms with Crippen LogP contribution in [0.2, 0.25) is 0 Å². The Bertz CT molecular complexity index is 765. The third-order valence-electron chi connectivity index (χ3n) is 3.60. The van der Waals surface area contributed by atoms with Gasteiger partial charge in [0.2, 0.25) is 0 Å². The molecule has 3 aromatic rings. The van der Waals surface area contributed by atoms with Gasteiger partial charge >= 0.3 is 0 Å². The molecule has 0 saturated heterocycles. The minimum absolute atomic E-state index is 0.169. The molecule has 21 heavy (non-hydrogen) atoms. The van der Waals surface area contributed by atoms with Crippen LogP contribution in [0.15, 0.2) is 36.9 Å². The van der Waals surface area contributed by atoms with Crippen LogP contribution in [0.5, 0.6) is 0 Å². The average molecular weight is 281 g/mol. The number of fused-ring (bicyclic) bond motifs is 1. The minimum atomic E-state index is 0.169. The first-order chi connectivity index (χ1) is 9.95. The molecule has 0 radical (unpaired) electrons. The van der Waals surface area contributed by atoms with Crippen molar-refractivity contribution in [3.8, 4) is 0 Å². The van der Waals surface area contributed by atoms with E-state index in [1.807, 2.05) is 4.57 Å². The molecule has 0 aliphatic rings. The van der Waals surface area contributed by atoms with E-state index < -0.39 is 0 Å². The van der Waals surface area contributed by atoms with Crippen molar-refractivity contribution in [2.45, 2.75) is 32.7 Å². The lowest BCUT2D eigenvalue weighted by molar-refractivity contribution is 0.590. The summed E-state index contributed by atoms with van der Waals surface area (Å²) in [6, 6.07) is 8.66. The third kappa shape index (κ3) is 2.59. The molecule has 0 amide bonds. The number of nitrogen functional groups attached to an aromatic ring is 1. The van der Waals surface area contributed by atoms with Crippen LogP contribution >= 0.6 is 0 Å². The summed E-state index contributed by atoms with van der Waals surface area (Å²) in [5, 5.41) is 0. The second kappa shape index (κ2) is 4.84. The maximum absolute atomic E-state index is 5.80. The van der Waals surface area contributed by atoms with Gasteiger partial charge in [-0.3, -0.25) is 0 Å². The fourth-order valence-corrected chi connectivity index (χ4v) is 2.32. The molecule has 2 N–H and O–H groups in total.